The zero-order valence-electron chi connectivity index (χ0n) is 26.1. The molecule has 0 atom stereocenters. The molecule has 0 saturated heterocycles. The Morgan fingerprint density at radius 3 is 1.78 bits per heavy atom. The lowest BCUT2D eigenvalue weighted by atomic mass is 9.84. The first kappa shape index (κ1) is 27.8. The van der Waals surface area contributed by atoms with Crippen molar-refractivity contribution in [3.05, 3.63) is 169 Å². The number of fused-ring (bicyclic) bond motifs is 2. The molecule has 2 nitrogen and oxygen atoms in total. The van der Waals surface area contributed by atoms with Gasteiger partial charge < -0.3 is 5.32 Å². The zero-order valence-corrected chi connectivity index (χ0v) is 26.1. The lowest BCUT2D eigenvalue weighted by Crippen LogP contribution is -2.13. The Labute approximate surface area is 270 Å². The molecule has 0 radical (unpaired) electrons. The largest absolute Gasteiger partial charge is 0.387 e. The Kier molecular flexibility index (Phi) is 7.04. The summed E-state index contributed by atoms with van der Waals surface area (Å²) in [5.74, 6) is 0. The van der Waals surface area contributed by atoms with Crippen LogP contribution in [0.4, 0.5) is 0 Å². The third-order valence-corrected chi connectivity index (χ3v) is 9.38. The van der Waals surface area contributed by atoms with E-state index in [0.29, 0.717) is 0 Å². The first-order valence-corrected chi connectivity index (χ1v) is 15.9. The number of hydrogen-bond donors (Lipinski definition) is 1. The van der Waals surface area contributed by atoms with Gasteiger partial charge in [-0.3, -0.25) is 4.98 Å². The van der Waals surface area contributed by atoms with Gasteiger partial charge in [-0.1, -0.05) is 115 Å². The smallest absolute Gasteiger partial charge is 0.0403 e. The highest BCUT2D eigenvalue weighted by Crippen LogP contribution is 2.45. The minimum absolute atomic E-state index is 0.849. The van der Waals surface area contributed by atoms with Gasteiger partial charge in [-0.15, -0.1) is 0 Å². The summed E-state index contributed by atoms with van der Waals surface area (Å²) in [4.78, 5) is 4.38. The van der Waals surface area contributed by atoms with Crippen LogP contribution in [0.1, 0.15) is 18.1 Å². The van der Waals surface area contributed by atoms with E-state index in [2.05, 4.69) is 158 Å². The summed E-state index contributed by atoms with van der Waals surface area (Å²) in [6, 6.07) is 46.8. The molecule has 0 amide bonds. The SMILES string of the molecule is CC1=C(c2ccc(-c3c4ccccc4c(-c4ccc(-c5cnccc5C)cc4)c4ccc(-c5ccccc5)cc34)cc2)CNC=C1. The summed E-state index contributed by atoms with van der Waals surface area (Å²) in [7, 11) is 0. The number of aryl methyl sites for hydroxylation is 1. The van der Waals surface area contributed by atoms with Gasteiger partial charge in [0.05, 0.1) is 0 Å². The number of rotatable bonds is 5. The lowest BCUT2D eigenvalue weighted by molar-refractivity contribution is 0.973. The summed E-state index contributed by atoms with van der Waals surface area (Å²) in [6.07, 6.45) is 8.00. The Morgan fingerprint density at radius 2 is 1.11 bits per heavy atom. The van der Waals surface area contributed by atoms with Crippen LogP contribution >= 0.6 is 0 Å². The van der Waals surface area contributed by atoms with Crippen LogP contribution in [-0.2, 0) is 0 Å². The van der Waals surface area contributed by atoms with Crippen LogP contribution in [-0.4, -0.2) is 11.5 Å². The second-order valence-corrected chi connectivity index (χ2v) is 12.1. The summed E-state index contributed by atoms with van der Waals surface area (Å²) < 4.78 is 0. The van der Waals surface area contributed by atoms with Crippen LogP contribution in [0, 0.1) is 6.92 Å². The van der Waals surface area contributed by atoms with Crippen LogP contribution < -0.4 is 5.32 Å². The van der Waals surface area contributed by atoms with Gasteiger partial charge >= 0.3 is 0 Å². The average molecular weight is 591 g/mol. The van der Waals surface area contributed by atoms with E-state index in [0.717, 1.165) is 6.54 Å². The number of aromatic nitrogens is 1. The molecule has 2 heterocycles. The van der Waals surface area contributed by atoms with Crippen molar-refractivity contribution in [1.29, 1.82) is 0 Å². The second-order valence-electron chi connectivity index (χ2n) is 12.1. The fourth-order valence-corrected chi connectivity index (χ4v) is 6.95. The minimum atomic E-state index is 0.849. The predicted octanol–water partition coefficient (Wildman–Crippen LogP) is 11.3. The van der Waals surface area contributed by atoms with Crippen LogP contribution in [0.3, 0.4) is 0 Å². The van der Waals surface area contributed by atoms with E-state index < -0.39 is 0 Å². The van der Waals surface area contributed by atoms with Crippen molar-refractivity contribution in [1.82, 2.24) is 10.3 Å². The molecule has 2 heteroatoms. The second kappa shape index (κ2) is 11.6. The number of nitrogens with zero attached hydrogens (tertiary/aromatic N) is 1. The molecule has 220 valence electrons. The van der Waals surface area contributed by atoms with Crippen molar-refractivity contribution in [3.63, 3.8) is 0 Å². The van der Waals surface area contributed by atoms with Gasteiger partial charge in [-0.05, 0) is 121 Å². The van der Waals surface area contributed by atoms with E-state index in [1.54, 1.807) is 0 Å². The third-order valence-electron chi connectivity index (χ3n) is 9.38. The highest BCUT2D eigenvalue weighted by Gasteiger charge is 2.18. The predicted molar refractivity (Wildman–Crippen MR) is 195 cm³/mol. The van der Waals surface area contributed by atoms with E-state index in [1.165, 1.54) is 88.3 Å². The fourth-order valence-electron chi connectivity index (χ4n) is 6.95. The summed E-state index contributed by atoms with van der Waals surface area (Å²) in [5, 5.41) is 8.40. The molecule has 0 aliphatic carbocycles. The van der Waals surface area contributed by atoms with E-state index in [9.17, 15) is 0 Å². The van der Waals surface area contributed by atoms with Crippen molar-refractivity contribution in [2.45, 2.75) is 13.8 Å². The first-order chi connectivity index (χ1) is 22.7. The molecular formula is C44H34N2. The van der Waals surface area contributed by atoms with Crippen molar-refractivity contribution in [2.24, 2.45) is 0 Å². The van der Waals surface area contributed by atoms with E-state index in [-0.39, 0.29) is 0 Å². The van der Waals surface area contributed by atoms with Gasteiger partial charge in [0, 0.05) is 24.5 Å². The Hall–Kier alpha value is -5.73. The molecule has 1 aromatic heterocycles. The number of benzene rings is 6. The molecule has 0 spiro atoms. The molecule has 0 bridgehead atoms. The van der Waals surface area contributed by atoms with Gasteiger partial charge in [-0.25, -0.2) is 0 Å². The lowest BCUT2D eigenvalue weighted by Gasteiger charge is -2.20. The molecule has 0 fully saturated rings. The van der Waals surface area contributed by atoms with Crippen LogP contribution in [0.5, 0.6) is 0 Å². The molecule has 46 heavy (non-hydrogen) atoms. The molecule has 1 aliphatic heterocycles. The molecule has 8 rings (SSSR count). The number of pyridine rings is 1. The van der Waals surface area contributed by atoms with Crippen LogP contribution in [0.15, 0.2) is 158 Å². The Bertz CT molecular complexity index is 2290. The summed E-state index contributed by atoms with van der Waals surface area (Å²) >= 11 is 0. The Morgan fingerprint density at radius 1 is 0.522 bits per heavy atom. The summed E-state index contributed by atoms with van der Waals surface area (Å²) in [6.45, 7) is 5.18. The van der Waals surface area contributed by atoms with Gasteiger partial charge in [0.1, 0.15) is 0 Å². The van der Waals surface area contributed by atoms with Gasteiger partial charge in [-0.2, -0.15) is 0 Å². The van der Waals surface area contributed by atoms with E-state index in [4.69, 9.17) is 0 Å². The van der Waals surface area contributed by atoms with Crippen molar-refractivity contribution < 1.29 is 0 Å². The molecule has 0 saturated carbocycles. The molecule has 1 N–H and O–H groups in total. The maximum absolute atomic E-state index is 4.38. The Balaban J connectivity index is 1.37. The average Bonchev–Trinajstić information content (AvgIpc) is 3.11. The maximum atomic E-state index is 4.38. The van der Waals surface area contributed by atoms with E-state index >= 15 is 0 Å². The van der Waals surface area contributed by atoms with Gasteiger partial charge in [0.25, 0.3) is 0 Å². The minimum Gasteiger partial charge on any atom is -0.387 e. The molecule has 0 unspecified atom stereocenters. The van der Waals surface area contributed by atoms with Crippen molar-refractivity contribution in [3.8, 4) is 44.5 Å². The quantitative estimate of drug-likeness (QED) is 0.202. The summed E-state index contributed by atoms with van der Waals surface area (Å²) in [5.41, 5.74) is 14.9. The highest BCUT2D eigenvalue weighted by atomic mass is 14.8. The van der Waals surface area contributed by atoms with Crippen LogP contribution in [0.25, 0.3) is 71.6 Å². The van der Waals surface area contributed by atoms with Crippen molar-refractivity contribution in [2.75, 3.05) is 6.54 Å². The number of dihydropyridines is 1. The standard InChI is InChI=1S/C44H34N2/c1-29-22-24-45-27-41(29)32-12-16-34(17-13-32)43-37-10-6-7-11-38(37)44(35-18-14-33(15-19-35)42-28-46-25-23-30(42)2)40-26-36(20-21-39(40)43)31-8-4-3-5-9-31/h3-27,46H,28H2,1-2H3. The van der Waals surface area contributed by atoms with Gasteiger partial charge in [0.2, 0.25) is 0 Å². The van der Waals surface area contributed by atoms with E-state index in [1.807, 2.05) is 18.6 Å². The number of nitrogens with one attached hydrogen (secondary N) is 1. The third kappa shape index (κ3) is 4.89. The number of allylic oxidation sites excluding steroid dienone is 2. The van der Waals surface area contributed by atoms with Gasteiger partial charge in [0.15, 0.2) is 0 Å². The van der Waals surface area contributed by atoms with Crippen LogP contribution in [0.2, 0.25) is 0 Å². The molecule has 1 aliphatic rings. The number of hydrogen-bond acceptors (Lipinski definition) is 2. The zero-order chi connectivity index (χ0) is 31.0. The fraction of sp³-hybridized carbons (Fsp3) is 0.0682. The molecule has 7 aromatic rings. The molecular weight excluding hydrogens is 556 g/mol. The molecule has 6 aromatic carbocycles. The first-order valence-electron chi connectivity index (χ1n) is 15.9. The topological polar surface area (TPSA) is 24.9 Å². The highest BCUT2D eigenvalue weighted by molar-refractivity contribution is 6.22. The van der Waals surface area contributed by atoms with Crippen molar-refractivity contribution >= 4 is 27.1 Å². The normalized spacial score (nSPS) is 12.9. The monoisotopic (exact) mass is 590 g/mol. The maximum Gasteiger partial charge on any atom is 0.0403 e.